The third-order valence-corrected chi connectivity index (χ3v) is 2.34. The van der Waals surface area contributed by atoms with Gasteiger partial charge >= 0.3 is 6.03 Å². The van der Waals surface area contributed by atoms with Gasteiger partial charge in [-0.1, -0.05) is 11.6 Å². The molecule has 4 nitrogen and oxygen atoms in total. The average molecular weight is 278 g/mol. The minimum Gasteiger partial charge on any atom is -0.351 e. The zero-order valence-electron chi connectivity index (χ0n) is 6.88. The topological polar surface area (TPSA) is 72.2 Å². The zero-order valence-corrected chi connectivity index (χ0v) is 9.22. The van der Waals surface area contributed by atoms with Crippen LogP contribution in [0.3, 0.4) is 0 Å². The Morgan fingerprint density at radius 2 is 2.07 bits per heavy atom. The van der Waals surface area contributed by atoms with Crippen molar-refractivity contribution in [1.82, 2.24) is 5.32 Å². The predicted octanol–water partition coefficient (Wildman–Crippen LogP) is 1.91. The Hall–Kier alpha value is -1.07. The second-order valence-corrected chi connectivity index (χ2v) is 3.73. The van der Waals surface area contributed by atoms with Gasteiger partial charge in [-0.05, 0) is 34.1 Å². The van der Waals surface area contributed by atoms with Gasteiger partial charge in [-0.25, -0.2) is 4.79 Å². The van der Waals surface area contributed by atoms with Gasteiger partial charge in [-0.3, -0.25) is 10.1 Å². The highest BCUT2D eigenvalue weighted by Gasteiger charge is 2.11. The van der Waals surface area contributed by atoms with E-state index in [1.165, 1.54) is 6.07 Å². The van der Waals surface area contributed by atoms with Crippen LogP contribution in [0.5, 0.6) is 0 Å². The molecule has 0 heterocycles. The van der Waals surface area contributed by atoms with Crippen LogP contribution in [-0.2, 0) is 0 Å². The highest BCUT2D eigenvalue weighted by molar-refractivity contribution is 9.10. The minimum absolute atomic E-state index is 0.260. The molecule has 0 aliphatic heterocycles. The van der Waals surface area contributed by atoms with Crippen molar-refractivity contribution in [2.75, 3.05) is 0 Å². The summed E-state index contributed by atoms with van der Waals surface area (Å²) >= 11 is 8.83. The number of hydrogen-bond donors (Lipinski definition) is 2. The fourth-order valence-electron chi connectivity index (χ4n) is 0.851. The van der Waals surface area contributed by atoms with Gasteiger partial charge in [0.05, 0.1) is 5.56 Å². The van der Waals surface area contributed by atoms with Crippen molar-refractivity contribution in [2.45, 2.75) is 0 Å². The second-order valence-electron chi connectivity index (χ2n) is 2.44. The molecule has 0 aliphatic carbocycles. The van der Waals surface area contributed by atoms with Gasteiger partial charge in [0.1, 0.15) is 0 Å². The quantitative estimate of drug-likeness (QED) is 0.823. The number of hydrogen-bond acceptors (Lipinski definition) is 2. The maximum Gasteiger partial charge on any atom is 0.319 e. The third kappa shape index (κ3) is 2.71. The highest BCUT2D eigenvalue weighted by atomic mass is 79.9. The molecule has 1 aromatic carbocycles. The Balaban J connectivity index is 3.00. The molecule has 0 aliphatic rings. The number of carbonyl (C=O) groups excluding carboxylic acids is 2. The van der Waals surface area contributed by atoms with E-state index in [2.05, 4.69) is 15.9 Å². The van der Waals surface area contributed by atoms with Crippen molar-refractivity contribution in [3.8, 4) is 0 Å². The van der Waals surface area contributed by atoms with Crippen molar-refractivity contribution in [3.05, 3.63) is 33.3 Å². The maximum atomic E-state index is 11.3. The van der Waals surface area contributed by atoms with Crippen LogP contribution in [0.1, 0.15) is 10.4 Å². The number of urea groups is 1. The van der Waals surface area contributed by atoms with Gasteiger partial charge in [-0.15, -0.1) is 0 Å². The first kappa shape index (κ1) is 11.0. The van der Waals surface area contributed by atoms with Crippen LogP contribution >= 0.6 is 27.5 Å². The highest BCUT2D eigenvalue weighted by Crippen LogP contribution is 2.20. The minimum atomic E-state index is -0.901. The lowest BCUT2D eigenvalue weighted by Gasteiger charge is -2.03. The third-order valence-electron chi connectivity index (χ3n) is 1.41. The predicted molar refractivity (Wildman–Crippen MR) is 56.2 cm³/mol. The first-order valence-corrected chi connectivity index (χ1v) is 4.73. The van der Waals surface area contributed by atoms with Crippen LogP contribution in [-0.4, -0.2) is 11.9 Å². The Kier molecular flexibility index (Phi) is 3.49. The van der Waals surface area contributed by atoms with Crippen molar-refractivity contribution >= 4 is 39.5 Å². The molecule has 0 bridgehead atoms. The Morgan fingerprint density at radius 1 is 1.43 bits per heavy atom. The molecule has 0 atom stereocenters. The summed E-state index contributed by atoms with van der Waals surface area (Å²) in [6.07, 6.45) is 0. The molecule has 3 N–H and O–H groups in total. The molecule has 3 amide bonds. The van der Waals surface area contributed by atoms with E-state index in [4.69, 9.17) is 17.3 Å². The molecule has 0 aromatic heterocycles. The summed E-state index contributed by atoms with van der Waals surface area (Å²) in [4.78, 5) is 21.7. The fourth-order valence-corrected chi connectivity index (χ4v) is 1.45. The normalized spacial score (nSPS) is 9.57. The van der Waals surface area contributed by atoms with Gasteiger partial charge in [0.25, 0.3) is 5.91 Å². The number of nitrogens with one attached hydrogen (secondary N) is 1. The van der Waals surface area contributed by atoms with Crippen LogP contribution in [0, 0.1) is 0 Å². The Labute approximate surface area is 93.5 Å². The molecule has 0 saturated heterocycles. The zero-order chi connectivity index (χ0) is 10.7. The van der Waals surface area contributed by atoms with Crippen molar-refractivity contribution in [3.63, 3.8) is 0 Å². The molecule has 1 aromatic rings. The van der Waals surface area contributed by atoms with Crippen LogP contribution in [0.4, 0.5) is 4.79 Å². The van der Waals surface area contributed by atoms with E-state index in [9.17, 15) is 9.59 Å². The summed E-state index contributed by atoms with van der Waals surface area (Å²) in [7, 11) is 0. The van der Waals surface area contributed by atoms with Crippen LogP contribution in [0.25, 0.3) is 0 Å². The number of amides is 3. The molecule has 0 unspecified atom stereocenters. The van der Waals surface area contributed by atoms with E-state index >= 15 is 0 Å². The van der Waals surface area contributed by atoms with E-state index in [0.29, 0.717) is 9.50 Å². The van der Waals surface area contributed by atoms with Crippen LogP contribution in [0.2, 0.25) is 5.02 Å². The lowest BCUT2D eigenvalue weighted by Crippen LogP contribution is -2.35. The summed E-state index contributed by atoms with van der Waals surface area (Å²) in [5.74, 6) is -0.591. The molecular weight excluding hydrogens is 271 g/mol. The van der Waals surface area contributed by atoms with E-state index in [-0.39, 0.29) is 5.56 Å². The summed E-state index contributed by atoms with van der Waals surface area (Å²) < 4.78 is 0.542. The SMILES string of the molecule is NC(=O)NC(=O)c1cc(Cl)ccc1Br. The molecule has 1 rings (SSSR count). The number of rotatable bonds is 1. The number of imide groups is 1. The second kappa shape index (κ2) is 4.43. The van der Waals surface area contributed by atoms with Gasteiger partial charge in [0.15, 0.2) is 0 Å². The smallest absolute Gasteiger partial charge is 0.319 e. The van der Waals surface area contributed by atoms with E-state index < -0.39 is 11.9 Å². The lowest BCUT2D eigenvalue weighted by molar-refractivity contribution is 0.0965. The molecule has 6 heteroatoms. The number of nitrogens with two attached hydrogens (primary N) is 1. The molecular formula is C8H6BrClN2O2. The number of carbonyl (C=O) groups is 2. The number of primary amides is 1. The van der Waals surface area contributed by atoms with Crippen molar-refractivity contribution in [1.29, 1.82) is 0 Å². The molecule has 0 spiro atoms. The van der Waals surface area contributed by atoms with Crippen LogP contribution in [0.15, 0.2) is 22.7 Å². The summed E-state index contributed by atoms with van der Waals surface area (Å²) in [6.45, 7) is 0. The molecule has 0 fully saturated rings. The number of benzene rings is 1. The summed E-state index contributed by atoms with van der Waals surface area (Å²) in [5.41, 5.74) is 5.06. The van der Waals surface area contributed by atoms with E-state index in [0.717, 1.165) is 0 Å². The maximum absolute atomic E-state index is 11.3. The molecule has 14 heavy (non-hydrogen) atoms. The van der Waals surface area contributed by atoms with Crippen LogP contribution < -0.4 is 11.1 Å². The first-order chi connectivity index (χ1) is 6.50. The average Bonchev–Trinajstić information content (AvgIpc) is 2.08. The number of halogens is 2. The Morgan fingerprint density at radius 3 is 2.64 bits per heavy atom. The Bertz CT molecular complexity index is 395. The van der Waals surface area contributed by atoms with E-state index in [1.54, 1.807) is 12.1 Å². The van der Waals surface area contributed by atoms with Gasteiger partial charge in [0, 0.05) is 9.50 Å². The lowest BCUT2D eigenvalue weighted by atomic mass is 10.2. The fraction of sp³-hybridized carbons (Fsp3) is 0. The largest absolute Gasteiger partial charge is 0.351 e. The van der Waals surface area contributed by atoms with Gasteiger partial charge < -0.3 is 5.73 Å². The van der Waals surface area contributed by atoms with Crippen molar-refractivity contribution in [2.24, 2.45) is 5.73 Å². The standard InChI is InChI=1S/C8H6BrClN2O2/c9-6-2-1-4(10)3-5(6)7(13)12-8(11)14/h1-3H,(H3,11,12,13,14). The van der Waals surface area contributed by atoms with Crippen molar-refractivity contribution < 1.29 is 9.59 Å². The van der Waals surface area contributed by atoms with Gasteiger partial charge in [0.2, 0.25) is 0 Å². The van der Waals surface area contributed by atoms with E-state index in [1.807, 2.05) is 5.32 Å². The molecule has 74 valence electrons. The molecule has 0 radical (unpaired) electrons. The summed E-state index contributed by atoms with van der Waals surface area (Å²) in [5, 5.41) is 2.34. The molecule has 0 saturated carbocycles. The van der Waals surface area contributed by atoms with Gasteiger partial charge in [-0.2, -0.15) is 0 Å². The summed E-state index contributed by atoms with van der Waals surface area (Å²) in [6, 6.07) is 3.76. The monoisotopic (exact) mass is 276 g/mol. The first-order valence-electron chi connectivity index (χ1n) is 3.56.